The molecule has 32 heavy (non-hydrogen) atoms. The normalized spacial score (nSPS) is 14.9. The molecule has 5 nitrogen and oxygen atoms in total. The average molecular weight is 432 g/mol. The number of rotatable bonds is 8. The maximum Gasteiger partial charge on any atom is 0.289 e. The molecule has 0 N–H and O–H groups in total. The summed E-state index contributed by atoms with van der Waals surface area (Å²) in [6.45, 7) is 10.1. The highest BCUT2D eigenvalue weighted by Gasteiger charge is 2.24. The number of nitrogens with zero attached hydrogens (tertiary/aromatic N) is 3. The third-order valence-electron chi connectivity index (χ3n) is 6.10. The largest absolute Gasteiger partial charge is 0.455 e. The van der Waals surface area contributed by atoms with Crippen molar-refractivity contribution in [3.8, 4) is 0 Å². The lowest BCUT2D eigenvalue weighted by molar-refractivity contribution is 0.0593. The Morgan fingerprint density at radius 3 is 2.09 bits per heavy atom. The zero-order valence-corrected chi connectivity index (χ0v) is 19.1. The van der Waals surface area contributed by atoms with Crippen LogP contribution in [0.5, 0.6) is 0 Å². The molecule has 0 bridgehead atoms. The summed E-state index contributed by atoms with van der Waals surface area (Å²) in [7, 11) is 0. The predicted octanol–water partition coefficient (Wildman–Crippen LogP) is 4.65. The molecular weight excluding hydrogens is 398 g/mol. The van der Waals surface area contributed by atoms with Gasteiger partial charge in [0.1, 0.15) is 5.76 Å². The van der Waals surface area contributed by atoms with Gasteiger partial charge in [-0.05, 0) is 37.1 Å². The number of benzene rings is 2. The maximum absolute atomic E-state index is 13.0. The first-order chi connectivity index (χ1) is 15.6. The fourth-order valence-electron chi connectivity index (χ4n) is 4.12. The monoisotopic (exact) mass is 431 g/mol. The molecule has 1 fully saturated rings. The molecule has 4 rings (SSSR count). The molecule has 1 aliphatic rings. The zero-order chi connectivity index (χ0) is 22.3. The summed E-state index contributed by atoms with van der Waals surface area (Å²) in [5.74, 6) is 1.27. The summed E-state index contributed by atoms with van der Waals surface area (Å²) in [4.78, 5) is 19.7. The van der Waals surface area contributed by atoms with Gasteiger partial charge in [0.25, 0.3) is 5.91 Å². The molecule has 0 aliphatic carbocycles. The summed E-state index contributed by atoms with van der Waals surface area (Å²) >= 11 is 0. The summed E-state index contributed by atoms with van der Waals surface area (Å²) in [6.07, 6.45) is 0. The van der Waals surface area contributed by atoms with E-state index in [1.165, 1.54) is 11.1 Å². The minimum absolute atomic E-state index is 0.00484. The van der Waals surface area contributed by atoms with E-state index in [-0.39, 0.29) is 5.91 Å². The van der Waals surface area contributed by atoms with E-state index in [1.54, 1.807) is 0 Å². The second-order valence-corrected chi connectivity index (χ2v) is 8.80. The topological polar surface area (TPSA) is 39.9 Å². The molecule has 0 spiro atoms. The van der Waals surface area contributed by atoms with E-state index in [1.807, 2.05) is 29.2 Å². The molecule has 1 amide bonds. The van der Waals surface area contributed by atoms with E-state index in [4.69, 9.17) is 4.42 Å². The van der Waals surface area contributed by atoms with Gasteiger partial charge in [0, 0.05) is 45.3 Å². The zero-order valence-electron chi connectivity index (χ0n) is 19.1. The number of amides is 1. The number of carbonyl (C=O) groups excluding carboxylic acids is 1. The van der Waals surface area contributed by atoms with Crippen LogP contribution in [0.2, 0.25) is 0 Å². The van der Waals surface area contributed by atoms with E-state index in [9.17, 15) is 4.79 Å². The van der Waals surface area contributed by atoms with Crippen LogP contribution in [0.15, 0.2) is 77.2 Å². The number of carbonyl (C=O) groups is 1. The Kier molecular flexibility index (Phi) is 7.40. The van der Waals surface area contributed by atoms with Crippen molar-refractivity contribution in [2.45, 2.75) is 39.5 Å². The Morgan fingerprint density at radius 1 is 0.844 bits per heavy atom. The number of piperazine rings is 1. The molecular formula is C27H33N3O2. The van der Waals surface area contributed by atoms with Crippen LogP contribution >= 0.6 is 0 Å². The van der Waals surface area contributed by atoms with Crippen molar-refractivity contribution >= 4 is 5.91 Å². The first-order valence-corrected chi connectivity index (χ1v) is 11.5. The third kappa shape index (κ3) is 5.87. The van der Waals surface area contributed by atoms with Gasteiger partial charge in [0.15, 0.2) is 5.76 Å². The minimum Gasteiger partial charge on any atom is -0.455 e. The highest BCUT2D eigenvalue weighted by molar-refractivity contribution is 5.91. The van der Waals surface area contributed by atoms with Crippen LogP contribution in [0, 0.1) is 0 Å². The van der Waals surface area contributed by atoms with Gasteiger partial charge >= 0.3 is 0 Å². The Labute approximate surface area is 191 Å². The second kappa shape index (κ2) is 10.6. The molecule has 1 aromatic heterocycles. The fraction of sp³-hybridized carbons (Fsp3) is 0.370. The summed E-state index contributed by atoms with van der Waals surface area (Å²) in [6, 6.07) is 25.1. The van der Waals surface area contributed by atoms with Gasteiger partial charge in [-0.1, -0.05) is 60.7 Å². The molecule has 0 saturated carbocycles. The van der Waals surface area contributed by atoms with Crippen LogP contribution in [-0.4, -0.2) is 52.8 Å². The fourth-order valence-corrected chi connectivity index (χ4v) is 4.12. The van der Waals surface area contributed by atoms with Crippen LogP contribution in [0.4, 0.5) is 0 Å². The molecule has 0 radical (unpaired) electrons. The van der Waals surface area contributed by atoms with Gasteiger partial charge in [0.2, 0.25) is 0 Å². The van der Waals surface area contributed by atoms with E-state index in [0.29, 0.717) is 18.3 Å². The third-order valence-corrected chi connectivity index (χ3v) is 6.10. The lowest BCUT2D eigenvalue weighted by Gasteiger charge is -2.34. The quantitative estimate of drug-likeness (QED) is 0.521. The van der Waals surface area contributed by atoms with Crippen molar-refractivity contribution in [3.05, 3.63) is 95.4 Å². The van der Waals surface area contributed by atoms with Crippen molar-refractivity contribution in [1.29, 1.82) is 0 Å². The smallest absolute Gasteiger partial charge is 0.289 e. The van der Waals surface area contributed by atoms with Gasteiger partial charge in [-0.15, -0.1) is 0 Å². The highest BCUT2D eigenvalue weighted by Crippen LogP contribution is 2.18. The predicted molar refractivity (Wildman–Crippen MR) is 127 cm³/mol. The van der Waals surface area contributed by atoms with Crippen molar-refractivity contribution in [2.24, 2.45) is 0 Å². The molecule has 2 heterocycles. The summed E-state index contributed by atoms with van der Waals surface area (Å²) < 4.78 is 5.99. The van der Waals surface area contributed by atoms with Gasteiger partial charge in [-0.2, -0.15) is 0 Å². The SMILES string of the molecule is CC(C)N(Cc1ccccc1)Cc1ccc(C(=O)N2CCN(Cc3ccccc3)CC2)o1. The van der Waals surface area contributed by atoms with Gasteiger partial charge < -0.3 is 9.32 Å². The first kappa shape index (κ1) is 22.3. The van der Waals surface area contributed by atoms with Crippen molar-refractivity contribution in [3.63, 3.8) is 0 Å². The Bertz CT molecular complexity index is 976. The van der Waals surface area contributed by atoms with Crippen molar-refractivity contribution < 1.29 is 9.21 Å². The second-order valence-electron chi connectivity index (χ2n) is 8.80. The van der Waals surface area contributed by atoms with Gasteiger partial charge in [-0.3, -0.25) is 14.6 Å². The van der Waals surface area contributed by atoms with Gasteiger partial charge in [0.05, 0.1) is 6.54 Å². The summed E-state index contributed by atoms with van der Waals surface area (Å²) in [5, 5.41) is 0. The molecule has 1 aliphatic heterocycles. The van der Waals surface area contributed by atoms with Crippen LogP contribution in [0.1, 0.15) is 41.3 Å². The Balaban J connectivity index is 1.31. The number of furan rings is 1. The molecule has 0 unspecified atom stereocenters. The van der Waals surface area contributed by atoms with Crippen molar-refractivity contribution in [1.82, 2.24) is 14.7 Å². The van der Waals surface area contributed by atoms with Crippen LogP contribution in [0.25, 0.3) is 0 Å². The van der Waals surface area contributed by atoms with Gasteiger partial charge in [-0.25, -0.2) is 0 Å². The molecule has 1 saturated heterocycles. The molecule has 168 valence electrons. The maximum atomic E-state index is 13.0. The Hall–Kier alpha value is -2.89. The highest BCUT2D eigenvalue weighted by atomic mass is 16.4. The van der Waals surface area contributed by atoms with Crippen LogP contribution < -0.4 is 0 Å². The van der Waals surface area contributed by atoms with E-state index in [2.05, 4.69) is 72.2 Å². The minimum atomic E-state index is -0.00484. The van der Waals surface area contributed by atoms with Crippen LogP contribution in [0.3, 0.4) is 0 Å². The van der Waals surface area contributed by atoms with Crippen LogP contribution in [-0.2, 0) is 19.6 Å². The summed E-state index contributed by atoms with van der Waals surface area (Å²) in [5.41, 5.74) is 2.59. The van der Waals surface area contributed by atoms with E-state index < -0.39 is 0 Å². The Morgan fingerprint density at radius 2 is 1.47 bits per heavy atom. The molecule has 3 aromatic rings. The first-order valence-electron chi connectivity index (χ1n) is 11.5. The van der Waals surface area contributed by atoms with E-state index in [0.717, 1.165) is 45.0 Å². The lowest BCUT2D eigenvalue weighted by Crippen LogP contribution is -2.48. The van der Waals surface area contributed by atoms with Crippen molar-refractivity contribution in [2.75, 3.05) is 26.2 Å². The number of hydrogen-bond donors (Lipinski definition) is 0. The lowest BCUT2D eigenvalue weighted by atomic mass is 10.2. The number of hydrogen-bond acceptors (Lipinski definition) is 4. The molecule has 2 aromatic carbocycles. The average Bonchev–Trinajstić information content (AvgIpc) is 3.29. The standard InChI is InChI=1S/C27H33N3O2/c1-22(2)30(20-24-11-7-4-8-12-24)21-25-13-14-26(32-25)27(31)29-17-15-28(16-18-29)19-23-9-5-3-6-10-23/h3-14,22H,15-21H2,1-2H3. The molecule has 0 atom stereocenters. The van der Waals surface area contributed by atoms with E-state index >= 15 is 0 Å². The molecule has 5 heteroatoms.